The van der Waals surface area contributed by atoms with Crippen molar-refractivity contribution in [1.29, 1.82) is 0 Å². The molecule has 0 radical (unpaired) electrons. The molecule has 2 atom stereocenters. The molecular formula is C19H17NO4. The molecule has 0 spiro atoms. The van der Waals surface area contributed by atoms with E-state index >= 15 is 0 Å². The predicted octanol–water partition coefficient (Wildman–Crippen LogP) is 3.88. The minimum Gasteiger partial charge on any atom is -0.494 e. The van der Waals surface area contributed by atoms with Crippen LogP contribution in [0.1, 0.15) is 48.0 Å². The molecule has 2 heterocycles. The van der Waals surface area contributed by atoms with Crippen molar-refractivity contribution in [3.8, 4) is 17.4 Å². The summed E-state index contributed by atoms with van der Waals surface area (Å²) in [5.41, 5.74) is 2.82. The first-order valence-electron chi connectivity index (χ1n) is 8.24. The Kier molecular flexibility index (Phi) is 2.54. The first kappa shape index (κ1) is 13.7. The fourth-order valence-electron chi connectivity index (χ4n) is 4.44. The van der Waals surface area contributed by atoms with Gasteiger partial charge in [0, 0.05) is 28.9 Å². The molecule has 2 N–H and O–H groups in total. The third-order valence-electron chi connectivity index (χ3n) is 5.47. The number of fused-ring (bicyclic) bond motifs is 3. The molecule has 0 amide bonds. The van der Waals surface area contributed by atoms with Crippen LogP contribution in [0, 0.1) is 6.92 Å². The van der Waals surface area contributed by atoms with Crippen molar-refractivity contribution in [2.75, 3.05) is 0 Å². The lowest BCUT2D eigenvalue weighted by molar-refractivity contribution is -0.123. The zero-order chi connectivity index (χ0) is 16.6. The average molecular weight is 323 g/mol. The number of hydrogen-bond donors (Lipinski definition) is 2. The lowest BCUT2D eigenvalue weighted by Crippen LogP contribution is -2.28. The van der Waals surface area contributed by atoms with Crippen molar-refractivity contribution in [2.24, 2.45) is 0 Å². The van der Waals surface area contributed by atoms with E-state index in [9.17, 15) is 15.0 Å². The molecular weight excluding hydrogens is 306 g/mol. The second-order valence-electron chi connectivity index (χ2n) is 6.89. The van der Waals surface area contributed by atoms with E-state index in [1.807, 2.05) is 25.1 Å². The Bertz CT molecular complexity index is 1010. The van der Waals surface area contributed by atoms with Crippen molar-refractivity contribution in [3.05, 3.63) is 41.2 Å². The predicted molar refractivity (Wildman–Crippen MR) is 87.9 cm³/mol. The van der Waals surface area contributed by atoms with Crippen molar-refractivity contribution in [1.82, 2.24) is 4.57 Å². The van der Waals surface area contributed by atoms with Gasteiger partial charge in [0.25, 0.3) is 0 Å². The molecule has 2 aromatic heterocycles. The van der Waals surface area contributed by atoms with Gasteiger partial charge in [-0.05, 0) is 49.9 Å². The molecule has 3 aliphatic rings. The molecule has 1 aromatic carbocycles. The molecule has 0 aliphatic heterocycles. The van der Waals surface area contributed by atoms with Crippen LogP contribution in [0.25, 0.3) is 16.7 Å². The maximum atomic E-state index is 12.2. The monoisotopic (exact) mass is 323 g/mol. The number of Topliss-reactive ketones (excluding diaryl/α,β-unsaturated/α-hetero) is 1. The summed E-state index contributed by atoms with van der Waals surface area (Å²) in [6.45, 7) is 1.88. The molecule has 0 saturated heterocycles. The van der Waals surface area contributed by atoms with Gasteiger partial charge < -0.3 is 14.6 Å². The second-order valence-corrected chi connectivity index (χ2v) is 6.89. The number of carbonyl (C=O) groups is 1. The highest BCUT2D eigenvalue weighted by atomic mass is 16.3. The largest absolute Gasteiger partial charge is 0.494 e. The van der Waals surface area contributed by atoms with Gasteiger partial charge in [0.2, 0.25) is 11.8 Å². The Balaban J connectivity index is 1.75. The Labute approximate surface area is 138 Å². The smallest absolute Gasteiger partial charge is 0.202 e. The van der Waals surface area contributed by atoms with E-state index in [-0.39, 0.29) is 29.4 Å². The normalized spacial score (nSPS) is 22.3. The van der Waals surface area contributed by atoms with Crippen molar-refractivity contribution < 1.29 is 19.4 Å². The van der Waals surface area contributed by atoms with Gasteiger partial charge in [0.1, 0.15) is 17.1 Å². The van der Waals surface area contributed by atoms with Gasteiger partial charge in [-0.3, -0.25) is 9.36 Å². The van der Waals surface area contributed by atoms with Crippen LogP contribution in [0.15, 0.2) is 28.7 Å². The fraction of sp³-hybridized carbons (Fsp3) is 0.316. The molecule has 3 aliphatic carbocycles. The van der Waals surface area contributed by atoms with Gasteiger partial charge in [-0.2, -0.15) is 0 Å². The number of aryl methyl sites for hydroxylation is 1. The standard InChI is InChI=1S/C19H17NO4/c1-9-6-11-7-12(3-5-15(11)24-9)20-18(22)16-10-2-4-13(14(21)8-10)17(16)19(20)23/h3,5-7,10,13,22-23H,2,4,8H2,1H3/t10-,13+/m0/s1. The number of aromatic hydroxyl groups is 2. The molecule has 0 unspecified atom stereocenters. The van der Waals surface area contributed by atoms with Gasteiger partial charge in [0.05, 0.1) is 5.69 Å². The van der Waals surface area contributed by atoms with Gasteiger partial charge >= 0.3 is 0 Å². The van der Waals surface area contributed by atoms with Crippen LogP contribution >= 0.6 is 0 Å². The maximum Gasteiger partial charge on any atom is 0.202 e. The number of benzene rings is 1. The number of ketones is 1. The van der Waals surface area contributed by atoms with E-state index in [0.717, 1.165) is 35.1 Å². The number of furan rings is 1. The summed E-state index contributed by atoms with van der Waals surface area (Å²) in [6, 6.07) is 7.43. The van der Waals surface area contributed by atoms with Gasteiger partial charge in [-0.25, -0.2) is 0 Å². The fourth-order valence-corrected chi connectivity index (χ4v) is 4.44. The van der Waals surface area contributed by atoms with Gasteiger partial charge in [-0.1, -0.05) is 0 Å². The number of rotatable bonds is 1. The van der Waals surface area contributed by atoms with E-state index in [1.54, 1.807) is 6.07 Å². The molecule has 24 heavy (non-hydrogen) atoms. The first-order valence-corrected chi connectivity index (χ1v) is 8.24. The van der Waals surface area contributed by atoms with Crippen LogP contribution in [0.2, 0.25) is 0 Å². The first-order chi connectivity index (χ1) is 11.5. The highest BCUT2D eigenvalue weighted by Crippen LogP contribution is 2.55. The second kappa shape index (κ2) is 4.44. The summed E-state index contributed by atoms with van der Waals surface area (Å²) >= 11 is 0. The lowest BCUT2D eigenvalue weighted by atomic mass is 9.67. The van der Waals surface area contributed by atoms with Crippen LogP contribution in [-0.2, 0) is 4.79 Å². The number of hydrogen-bond acceptors (Lipinski definition) is 4. The third kappa shape index (κ3) is 1.62. The number of nitrogens with zero attached hydrogens (tertiary/aromatic N) is 1. The topological polar surface area (TPSA) is 75.6 Å². The van der Waals surface area contributed by atoms with Crippen LogP contribution in [0.3, 0.4) is 0 Å². The molecule has 5 nitrogen and oxygen atoms in total. The van der Waals surface area contributed by atoms with E-state index in [1.165, 1.54) is 4.57 Å². The van der Waals surface area contributed by atoms with E-state index in [2.05, 4.69) is 0 Å². The summed E-state index contributed by atoms with van der Waals surface area (Å²) in [4.78, 5) is 12.2. The third-order valence-corrected chi connectivity index (χ3v) is 5.47. The zero-order valence-corrected chi connectivity index (χ0v) is 13.2. The Morgan fingerprint density at radius 3 is 2.71 bits per heavy atom. The SMILES string of the molecule is Cc1cc2cc(-n3c(O)c4c(c3O)[C@@H]3CC[C@H]4CC3=O)ccc2o1. The number of aromatic nitrogens is 1. The summed E-state index contributed by atoms with van der Waals surface area (Å²) in [5.74, 6) is 0.772. The van der Waals surface area contributed by atoms with Crippen LogP contribution in [0.5, 0.6) is 11.8 Å². The van der Waals surface area contributed by atoms with Crippen molar-refractivity contribution >= 4 is 16.8 Å². The van der Waals surface area contributed by atoms with Gasteiger partial charge in [0.15, 0.2) is 0 Å². The Morgan fingerprint density at radius 2 is 1.92 bits per heavy atom. The highest BCUT2D eigenvalue weighted by molar-refractivity contribution is 5.91. The molecule has 5 heteroatoms. The molecule has 1 fully saturated rings. The molecule has 1 saturated carbocycles. The highest BCUT2D eigenvalue weighted by Gasteiger charge is 2.45. The molecule has 122 valence electrons. The summed E-state index contributed by atoms with van der Waals surface area (Å²) in [6.07, 6.45) is 2.11. The Hall–Kier alpha value is -2.69. The minimum atomic E-state index is -0.281. The molecule has 6 rings (SSSR count). The van der Waals surface area contributed by atoms with Crippen molar-refractivity contribution in [2.45, 2.75) is 38.0 Å². The van der Waals surface area contributed by atoms with E-state index < -0.39 is 0 Å². The van der Waals surface area contributed by atoms with Gasteiger partial charge in [-0.15, -0.1) is 0 Å². The van der Waals surface area contributed by atoms with Crippen LogP contribution < -0.4 is 0 Å². The number of carbonyl (C=O) groups excluding carboxylic acids is 1. The summed E-state index contributed by atoms with van der Waals surface area (Å²) < 4.78 is 7.03. The molecule has 3 aromatic rings. The van der Waals surface area contributed by atoms with Crippen molar-refractivity contribution in [3.63, 3.8) is 0 Å². The quantitative estimate of drug-likeness (QED) is 0.712. The summed E-state index contributed by atoms with van der Waals surface area (Å²) in [7, 11) is 0. The summed E-state index contributed by atoms with van der Waals surface area (Å²) in [5, 5.41) is 22.4. The molecule has 2 bridgehead atoms. The van der Waals surface area contributed by atoms with E-state index in [4.69, 9.17) is 4.42 Å². The van der Waals surface area contributed by atoms with E-state index in [0.29, 0.717) is 17.7 Å². The average Bonchev–Trinajstić information content (AvgIpc) is 3.05. The zero-order valence-electron chi connectivity index (χ0n) is 13.2. The minimum absolute atomic E-state index is 0.00943. The van der Waals surface area contributed by atoms with Crippen LogP contribution in [0.4, 0.5) is 0 Å². The lowest BCUT2D eigenvalue weighted by Gasteiger charge is -2.34. The maximum absolute atomic E-state index is 12.2. The Morgan fingerprint density at radius 1 is 1.12 bits per heavy atom. The van der Waals surface area contributed by atoms with Crippen LogP contribution in [-0.4, -0.2) is 20.6 Å².